The van der Waals surface area contributed by atoms with E-state index in [2.05, 4.69) is 17.7 Å². The van der Waals surface area contributed by atoms with Crippen molar-refractivity contribution in [1.29, 1.82) is 0 Å². The third kappa shape index (κ3) is 1.94. The van der Waals surface area contributed by atoms with E-state index in [0.717, 1.165) is 6.54 Å². The maximum absolute atomic E-state index is 4.83. The summed E-state index contributed by atoms with van der Waals surface area (Å²) < 4.78 is 0. The Labute approximate surface area is 62.1 Å². The normalized spacial score (nSPS) is 28.8. The predicted molar refractivity (Wildman–Crippen MR) is 40.6 cm³/mol. The highest BCUT2D eigenvalue weighted by Crippen LogP contribution is 2.08. The third-order valence-electron chi connectivity index (χ3n) is 2.01. The van der Waals surface area contributed by atoms with E-state index >= 15 is 0 Å². The molecule has 1 rings (SSSR count). The summed E-state index contributed by atoms with van der Waals surface area (Å²) in [6, 6.07) is 1.02. The number of hydroxylamine groups is 1. The minimum absolute atomic E-state index is 0.424. The zero-order valence-electron chi connectivity index (χ0n) is 6.68. The molecule has 1 heterocycles. The van der Waals surface area contributed by atoms with Gasteiger partial charge in [-0.15, -0.1) is 0 Å². The molecule has 0 aliphatic carbocycles. The van der Waals surface area contributed by atoms with E-state index in [4.69, 9.17) is 4.84 Å². The third-order valence-corrected chi connectivity index (χ3v) is 2.01. The van der Waals surface area contributed by atoms with Crippen LogP contribution in [0.5, 0.6) is 0 Å². The summed E-state index contributed by atoms with van der Waals surface area (Å²) in [6.45, 7) is 3.28. The van der Waals surface area contributed by atoms with Crippen LogP contribution in [0.2, 0.25) is 0 Å². The molecule has 0 aromatic heterocycles. The summed E-state index contributed by atoms with van der Waals surface area (Å²) in [4.78, 5) is 4.83. The second kappa shape index (κ2) is 3.91. The van der Waals surface area contributed by atoms with Crippen LogP contribution in [0.15, 0.2) is 0 Å². The lowest BCUT2D eigenvalue weighted by atomic mass is 10.1. The fourth-order valence-corrected chi connectivity index (χ4v) is 1.41. The first-order valence-corrected chi connectivity index (χ1v) is 3.86. The molecule has 1 aliphatic heterocycles. The van der Waals surface area contributed by atoms with E-state index in [1.54, 1.807) is 7.11 Å². The van der Waals surface area contributed by atoms with Gasteiger partial charge in [0.25, 0.3) is 0 Å². The number of hydrogen-bond acceptors (Lipinski definition) is 3. The second-order valence-corrected chi connectivity index (χ2v) is 2.81. The molecule has 10 heavy (non-hydrogen) atoms. The van der Waals surface area contributed by atoms with Crippen LogP contribution in [0.4, 0.5) is 0 Å². The quantitative estimate of drug-likeness (QED) is 0.558. The first kappa shape index (κ1) is 7.98. The van der Waals surface area contributed by atoms with Crippen molar-refractivity contribution < 1.29 is 4.84 Å². The van der Waals surface area contributed by atoms with Crippen molar-refractivity contribution in [3.63, 3.8) is 0 Å². The van der Waals surface area contributed by atoms with Gasteiger partial charge in [-0.1, -0.05) is 0 Å². The number of rotatable bonds is 3. The predicted octanol–water partition coefficient (Wildman–Crippen LogP) is 0.278. The molecule has 2 unspecified atom stereocenters. The van der Waals surface area contributed by atoms with Gasteiger partial charge in [0, 0.05) is 12.1 Å². The average Bonchev–Trinajstić information content (AvgIpc) is 2.38. The Morgan fingerprint density at radius 2 is 2.50 bits per heavy atom. The van der Waals surface area contributed by atoms with Gasteiger partial charge in [-0.25, -0.2) is 0 Å². The second-order valence-electron chi connectivity index (χ2n) is 2.81. The van der Waals surface area contributed by atoms with Crippen molar-refractivity contribution >= 4 is 0 Å². The van der Waals surface area contributed by atoms with Crippen LogP contribution in [-0.4, -0.2) is 25.7 Å². The fraction of sp³-hybridized carbons (Fsp3) is 1.00. The lowest BCUT2D eigenvalue weighted by molar-refractivity contribution is 0.0562. The number of nitrogens with one attached hydrogen (secondary N) is 2. The molecule has 0 amide bonds. The van der Waals surface area contributed by atoms with Gasteiger partial charge in [0.15, 0.2) is 0 Å². The molecular formula is C7H16N2O. The van der Waals surface area contributed by atoms with Gasteiger partial charge < -0.3 is 10.2 Å². The topological polar surface area (TPSA) is 33.3 Å². The largest absolute Gasteiger partial charge is 0.312 e. The molecule has 0 aromatic carbocycles. The smallest absolute Gasteiger partial charge is 0.0572 e. The maximum Gasteiger partial charge on any atom is 0.0572 e. The van der Waals surface area contributed by atoms with Gasteiger partial charge in [-0.3, -0.25) is 0 Å². The Morgan fingerprint density at radius 3 is 3.00 bits per heavy atom. The SMILES string of the molecule is CONC(C)C1CCCN1. The van der Waals surface area contributed by atoms with E-state index in [0.29, 0.717) is 12.1 Å². The zero-order valence-corrected chi connectivity index (χ0v) is 6.68. The first-order valence-electron chi connectivity index (χ1n) is 3.86. The Kier molecular flexibility index (Phi) is 3.12. The molecule has 60 valence electrons. The maximum atomic E-state index is 4.83. The summed E-state index contributed by atoms with van der Waals surface area (Å²) in [5.41, 5.74) is 2.92. The van der Waals surface area contributed by atoms with Crippen molar-refractivity contribution in [3.05, 3.63) is 0 Å². The Hall–Kier alpha value is -0.120. The lowest BCUT2D eigenvalue weighted by Gasteiger charge is -2.18. The Balaban J connectivity index is 2.18. The summed E-state index contributed by atoms with van der Waals surface area (Å²) in [5, 5.41) is 3.40. The van der Waals surface area contributed by atoms with Crippen LogP contribution < -0.4 is 10.8 Å². The highest BCUT2D eigenvalue weighted by Gasteiger charge is 2.19. The fourth-order valence-electron chi connectivity index (χ4n) is 1.41. The molecule has 2 N–H and O–H groups in total. The van der Waals surface area contributed by atoms with E-state index in [1.807, 2.05) is 0 Å². The van der Waals surface area contributed by atoms with Gasteiger partial charge in [0.05, 0.1) is 7.11 Å². The standard InChI is InChI=1S/C7H16N2O/c1-6(9-10-2)7-4-3-5-8-7/h6-9H,3-5H2,1-2H3. The van der Waals surface area contributed by atoms with Crippen LogP contribution in [0.1, 0.15) is 19.8 Å². The molecule has 0 radical (unpaired) electrons. The van der Waals surface area contributed by atoms with Gasteiger partial charge in [-0.2, -0.15) is 5.48 Å². The van der Waals surface area contributed by atoms with E-state index in [1.165, 1.54) is 12.8 Å². The number of hydrogen-bond donors (Lipinski definition) is 2. The Bertz CT molecular complexity index is 91.6. The highest BCUT2D eigenvalue weighted by atomic mass is 16.6. The molecule has 2 atom stereocenters. The molecule has 0 spiro atoms. The molecular weight excluding hydrogens is 128 g/mol. The van der Waals surface area contributed by atoms with Crippen molar-refractivity contribution in [1.82, 2.24) is 10.8 Å². The summed E-state index contributed by atoms with van der Waals surface area (Å²) >= 11 is 0. The summed E-state index contributed by atoms with van der Waals surface area (Å²) in [5.74, 6) is 0. The molecule has 3 nitrogen and oxygen atoms in total. The molecule has 0 saturated carbocycles. The first-order chi connectivity index (χ1) is 4.84. The van der Waals surface area contributed by atoms with Crippen LogP contribution in [-0.2, 0) is 4.84 Å². The van der Waals surface area contributed by atoms with Crippen LogP contribution >= 0.6 is 0 Å². The molecule has 0 bridgehead atoms. The van der Waals surface area contributed by atoms with Crippen molar-refractivity contribution in [2.24, 2.45) is 0 Å². The van der Waals surface area contributed by atoms with Crippen LogP contribution in [0.25, 0.3) is 0 Å². The highest BCUT2D eigenvalue weighted by molar-refractivity contribution is 4.81. The van der Waals surface area contributed by atoms with Crippen molar-refractivity contribution in [2.75, 3.05) is 13.7 Å². The minimum atomic E-state index is 0.424. The van der Waals surface area contributed by atoms with E-state index in [-0.39, 0.29) is 0 Å². The average molecular weight is 144 g/mol. The molecule has 1 fully saturated rings. The Morgan fingerprint density at radius 1 is 1.70 bits per heavy atom. The van der Waals surface area contributed by atoms with E-state index < -0.39 is 0 Å². The van der Waals surface area contributed by atoms with Crippen molar-refractivity contribution in [2.45, 2.75) is 31.8 Å². The van der Waals surface area contributed by atoms with Crippen LogP contribution in [0, 0.1) is 0 Å². The summed E-state index contributed by atoms with van der Waals surface area (Å²) in [6.07, 6.45) is 2.55. The van der Waals surface area contributed by atoms with Gasteiger partial charge in [0.1, 0.15) is 0 Å². The lowest BCUT2D eigenvalue weighted by Crippen LogP contribution is -2.42. The molecule has 1 aliphatic rings. The molecule has 3 heteroatoms. The van der Waals surface area contributed by atoms with E-state index in [9.17, 15) is 0 Å². The van der Waals surface area contributed by atoms with Crippen molar-refractivity contribution in [3.8, 4) is 0 Å². The van der Waals surface area contributed by atoms with Gasteiger partial charge in [0.2, 0.25) is 0 Å². The molecule has 1 saturated heterocycles. The zero-order chi connectivity index (χ0) is 7.40. The van der Waals surface area contributed by atoms with Gasteiger partial charge >= 0.3 is 0 Å². The van der Waals surface area contributed by atoms with Crippen LogP contribution in [0.3, 0.4) is 0 Å². The molecule has 0 aromatic rings. The monoisotopic (exact) mass is 144 g/mol. The summed E-state index contributed by atoms with van der Waals surface area (Å²) in [7, 11) is 1.66. The van der Waals surface area contributed by atoms with Gasteiger partial charge in [-0.05, 0) is 26.3 Å². The minimum Gasteiger partial charge on any atom is -0.312 e.